The monoisotopic (exact) mass is 349 g/mol. The van der Waals surface area contributed by atoms with Crippen LogP contribution in [0.4, 0.5) is 0 Å². The summed E-state index contributed by atoms with van der Waals surface area (Å²) in [6, 6.07) is 7.49. The molecule has 2 fully saturated rings. The Morgan fingerprint density at radius 1 is 1.21 bits per heavy atom. The Hall–Kier alpha value is -1.55. The highest BCUT2D eigenvalue weighted by Gasteiger charge is 2.52. The van der Waals surface area contributed by atoms with Crippen molar-refractivity contribution in [2.45, 2.75) is 56.9 Å². The maximum Gasteiger partial charge on any atom is 0.317 e. The van der Waals surface area contributed by atoms with Gasteiger partial charge in [-0.25, -0.2) is 0 Å². The number of hydrogen-bond donors (Lipinski definition) is 1. The minimum absolute atomic E-state index is 0.197. The van der Waals surface area contributed by atoms with Crippen LogP contribution in [0.1, 0.15) is 51.0 Å². The average Bonchev–Trinajstić information content (AvgIpc) is 3.37. The van der Waals surface area contributed by atoms with Crippen LogP contribution in [0, 0.1) is 5.92 Å². The molecule has 0 spiro atoms. The molecule has 0 radical (unpaired) electrons. The number of rotatable bonds is 5. The standard InChI is InChI=1S/C19H24ClNO3/c1-13-4-2-3-5-16(13)21-17(22)12-24-18(23)19(10-11-19)14-6-8-15(20)9-7-14/h6-9,13,16H,2-5,10-12H2,1H3,(H,21,22)/t13-,16+/m0/s1. The molecule has 2 saturated carbocycles. The molecule has 4 nitrogen and oxygen atoms in total. The largest absolute Gasteiger partial charge is 0.455 e. The highest BCUT2D eigenvalue weighted by Crippen LogP contribution is 2.49. The number of halogens is 1. The normalized spacial score (nSPS) is 24.9. The third kappa shape index (κ3) is 3.75. The van der Waals surface area contributed by atoms with Crippen LogP contribution in [0.3, 0.4) is 0 Å². The molecular weight excluding hydrogens is 326 g/mol. The van der Waals surface area contributed by atoms with Crippen molar-refractivity contribution in [3.8, 4) is 0 Å². The Labute approximate surface area is 147 Å². The van der Waals surface area contributed by atoms with Crippen LogP contribution in [0.15, 0.2) is 24.3 Å². The summed E-state index contributed by atoms with van der Waals surface area (Å²) in [5, 5.41) is 3.65. The molecule has 1 aromatic rings. The van der Waals surface area contributed by atoms with Gasteiger partial charge in [0.25, 0.3) is 5.91 Å². The first-order valence-electron chi connectivity index (χ1n) is 8.74. The smallest absolute Gasteiger partial charge is 0.317 e. The van der Waals surface area contributed by atoms with Crippen molar-refractivity contribution in [2.24, 2.45) is 5.92 Å². The fraction of sp³-hybridized carbons (Fsp3) is 0.579. The van der Waals surface area contributed by atoms with Gasteiger partial charge in [0.2, 0.25) is 0 Å². The molecule has 2 aliphatic rings. The lowest BCUT2D eigenvalue weighted by molar-refractivity contribution is -0.151. The summed E-state index contributed by atoms with van der Waals surface area (Å²) in [4.78, 5) is 24.5. The maximum absolute atomic E-state index is 12.4. The van der Waals surface area contributed by atoms with E-state index in [4.69, 9.17) is 16.3 Å². The molecule has 130 valence electrons. The number of nitrogens with one attached hydrogen (secondary N) is 1. The van der Waals surface area contributed by atoms with Crippen molar-refractivity contribution >= 4 is 23.5 Å². The van der Waals surface area contributed by atoms with Crippen molar-refractivity contribution in [1.29, 1.82) is 0 Å². The van der Waals surface area contributed by atoms with Crippen LogP contribution in [0.25, 0.3) is 0 Å². The molecule has 1 amide bonds. The van der Waals surface area contributed by atoms with E-state index >= 15 is 0 Å². The Morgan fingerprint density at radius 2 is 1.88 bits per heavy atom. The third-order valence-electron chi connectivity index (χ3n) is 5.33. The van der Waals surface area contributed by atoms with Gasteiger partial charge >= 0.3 is 5.97 Å². The first kappa shape index (κ1) is 17.3. The zero-order chi connectivity index (χ0) is 17.2. The molecule has 1 N–H and O–H groups in total. The number of benzene rings is 1. The first-order chi connectivity index (χ1) is 11.5. The second-order valence-electron chi connectivity index (χ2n) is 7.10. The van der Waals surface area contributed by atoms with Crippen molar-refractivity contribution in [3.63, 3.8) is 0 Å². The van der Waals surface area contributed by atoms with Gasteiger partial charge in [0, 0.05) is 11.1 Å². The molecule has 1 aromatic carbocycles. The number of ether oxygens (including phenoxy) is 1. The molecule has 0 heterocycles. The summed E-state index contributed by atoms with van der Waals surface area (Å²) in [5.74, 6) is -0.0204. The van der Waals surface area contributed by atoms with Gasteiger partial charge in [-0.1, -0.05) is 43.5 Å². The molecule has 0 unspecified atom stereocenters. The Balaban J connectivity index is 1.52. The second kappa shape index (κ2) is 7.14. The predicted octanol–water partition coefficient (Wildman–Crippen LogP) is 3.61. The second-order valence-corrected chi connectivity index (χ2v) is 7.54. The summed E-state index contributed by atoms with van der Waals surface area (Å²) >= 11 is 5.90. The van der Waals surface area contributed by atoms with Crippen molar-refractivity contribution in [2.75, 3.05) is 6.61 Å². The summed E-state index contributed by atoms with van der Waals surface area (Å²) in [5.41, 5.74) is 0.335. The molecule has 5 heteroatoms. The van der Waals surface area contributed by atoms with E-state index in [0.29, 0.717) is 10.9 Å². The Kier molecular flexibility index (Phi) is 5.14. The van der Waals surface area contributed by atoms with Crippen molar-refractivity contribution < 1.29 is 14.3 Å². The number of carbonyl (C=O) groups excluding carboxylic acids is 2. The highest BCUT2D eigenvalue weighted by molar-refractivity contribution is 6.30. The van der Waals surface area contributed by atoms with E-state index in [1.165, 1.54) is 6.42 Å². The lowest BCUT2D eigenvalue weighted by atomic mass is 9.86. The molecule has 2 aliphatic carbocycles. The third-order valence-corrected chi connectivity index (χ3v) is 5.58. The quantitative estimate of drug-likeness (QED) is 0.826. The van der Waals surface area contributed by atoms with Crippen LogP contribution in [0.5, 0.6) is 0 Å². The van der Waals surface area contributed by atoms with Gasteiger partial charge in [-0.15, -0.1) is 0 Å². The van der Waals surface area contributed by atoms with Crippen molar-refractivity contribution in [3.05, 3.63) is 34.9 Å². The van der Waals surface area contributed by atoms with Crippen LogP contribution < -0.4 is 5.32 Å². The average molecular weight is 350 g/mol. The summed E-state index contributed by atoms with van der Waals surface area (Å²) < 4.78 is 5.31. The number of carbonyl (C=O) groups is 2. The molecule has 3 rings (SSSR count). The Bertz CT molecular complexity index is 610. The fourth-order valence-electron chi connectivity index (χ4n) is 3.55. The Morgan fingerprint density at radius 3 is 2.50 bits per heavy atom. The number of esters is 1. The highest BCUT2D eigenvalue weighted by atomic mass is 35.5. The van der Waals surface area contributed by atoms with E-state index in [-0.39, 0.29) is 24.5 Å². The molecule has 2 atom stereocenters. The molecule has 24 heavy (non-hydrogen) atoms. The lowest BCUT2D eigenvalue weighted by Crippen LogP contribution is -2.43. The van der Waals surface area contributed by atoms with E-state index in [2.05, 4.69) is 12.2 Å². The minimum atomic E-state index is -0.580. The van der Waals surface area contributed by atoms with Crippen LogP contribution in [0.2, 0.25) is 5.02 Å². The molecule has 0 aliphatic heterocycles. The van der Waals surface area contributed by atoms with Gasteiger partial charge in [-0.2, -0.15) is 0 Å². The summed E-state index contributed by atoms with van der Waals surface area (Å²) in [6.07, 6.45) is 6.05. The molecule has 0 saturated heterocycles. The number of hydrogen-bond acceptors (Lipinski definition) is 3. The molecule has 0 aromatic heterocycles. The van der Waals surface area contributed by atoms with E-state index in [1.807, 2.05) is 12.1 Å². The number of amides is 1. The first-order valence-corrected chi connectivity index (χ1v) is 9.12. The SMILES string of the molecule is C[C@H]1CCCC[C@H]1NC(=O)COC(=O)C1(c2ccc(Cl)cc2)CC1. The van der Waals surface area contributed by atoms with Gasteiger partial charge < -0.3 is 10.1 Å². The molecular formula is C19H24ClNO3. The van der Waals surface area contributed by atoms with Crippen LogP contribution in [-0.4, -0.2) is 24.5 Å². The topological polar surface area (TPSA) is 55.4 Å². The zero-order valence-corrected chi connectivity index (χ0v) is 14.8. The predicted molar refractivity (Wildman–Crippen MR) is 92.9 cm³/mol. The van der Waals surface area contributed by atoms with Crippen LogP contribution >= 0.6 is 11.6 Å². The fourth-order valence-corrected chi connectivity index (χ4v) is 3.68. The van der Waals surface area contributed by atoms with Gasteiger partial charge in [-0.05, 0) is 49.3 Å². The minimum Gasteiger partial charge on any atom is -0.455 e. The van der Waals surface area contributed by atoms with Gasteiger partial charge in [0.05, 0.1) is 5.41 Å². The van der Waals surface area contributed by atoms with E-state index in [0.717, 1.165) is 37.7 Å². The maximum atomic E-state index is 12.4. The van der Waals surface area contributed by atoms with Crippen molar-refractivity contribution in [1.82, 2.24) is 5.32 Å². The zero-order valence-electron chi connectivity index (χ0n) is 14.0. The van der Waals surface area contributed by atoms with Gasteiger partial charge in [-0.3, -0.25) is 9.59 Å². The van der Waals surface area contributed by atoms with Gasteiger partial charge in [0.1, 0.15) is 0 Å². The van der Waals surface area contributed by atoms with E-state index in [9.17, 15) is 9.59 Å². The summed E-state index contributed by atoms with van der Waals surface area (Å²) in [7, 11) is 0. The lowest BCUT2D eigenvalue weighted by Gasteiger charge is -2.29. The van der Waals surface area contributed by atoms with E-state index < -0.39 is 5.41 Å². The van der Waals surface area contributed by atoms with E-state index in [1.54, 1.807) is 12.1 Å². The van der Waals surface area contributed by atoms with Gasteiger partial charge in [0.15, 0.2) is 6.61 Å². The molecule has 0 bridgehead atoms. The summed E-state index contributed by atoms with van der Waals surface area (Å²) in [6.45, 7) is 1.97. The van der Waals surface area contributed by atoms with Crippen LogP contribution in [-0.2, 0) is 19.7 Å².